The van der Waals surface area contributed by atoms with Crippen LogP contribution in [0.2, 0.25) is 0 Å². The van der Waals surface area contributed by atoms with Crippen LogP contribution in [0.1, 0.15) is 34.9 Å². The van der Waals surface area contributed by atoms with Crippen LogP contribution in [0.25, 0.3) is 22.1 Å². The Morgan fingerprint density at radius 1 is 1.11 bits per heavy atom. The number of H-pyrrole nitrogens is 2. The molecule has 6 rings (SSSR count). The van der Waals surface area contributed by atoms with Gasteiger partial charge in [0.25, 0.3) is 0 Å². The third-order valence-electron chi connectivity index (χ3n) is 6.66. The Hall–Kier alpha value is -4.47. The number of carbonyl (C=O) groups is 1. The molecule has 0 aliphatic carbocycles. The molecule has 0 atom stereocenters. The number of pyridine rings is 1. The van der Waals surface area contributed by atoms with E-state index in [4.69, 9.17) is 4.74 Å². The van der Waals surface area contributed by atoms with Gasteiger partial charge in [-0.05, 0) is 43.2 Å². The number of hydrogen-bond donors (Lipinski definition) is 2. The molecule has 0 unspecified atom stereocenters. The summed E-state index contributed by atoms with van der Waals surface area (Å²) in [5, 5.41) is 0.786. The summed E-state index contributed by atoms with van der Waals surface area (Å²) in [6.07, 6.45) is 6.36. The molecule has 35 heavy (non-hydrogen) atoms. The van der Waals surface area contributed by atoms with Crippen molar-refractivity contribution >= 4 is 33.7 Å². The molecule has 0 bridgehead atoms. The van der Waals surface area contributed by atoms with Crippen molar-refractivity contribution in [3.05, 3.63) is 76.9 Å². The van der Waals surface area contributed by atoms with E-state index in [0.717, 1.165) is 29.3 Å². The summed E-state index contributed by atoms with van der Waals surface area (Å²) in [7, 11) is 1.60. The van der Waals surface area contributed by atoms with Crippen LogP contribution in [0.15, 0.2) is 59.9 Å². The molecule has 0 amide bonds. The van der Waals surface area contributed by atoms with E-state index in [2.05, 4.69) is 29.8 Å². The van der Waals surface area contributed by atoms with E-state index in [1.807, 2.05) is 30.3 Å². The van der Waals surface area contributed by atoms with Gasteiger partial charge in [0.1, 0.15) is 23.6 Å². The second-order valence-corrected chi connectivity index (χ2v) is 8.59. The molecular weight excluding hydrogens is 446 g/mol. The van der Waals surface area contributed by atoms with E-state index in [0.29, 0.717) is 41.6 Å². The van der Waals surface area contributed by atoms with Gasteiger partial charge in [-0.15, -0.1) is 0 Å². The number of piperidine rings is 1. The zero-order valence-electron chi connectivity index (χ0n) is 19.1. The molecule has 1 fully saturated rings. The Labute approximate surface area is 199 Å². The number of benzene rings is 1. The van der Waals surface area contributed by atoms with Crippen molar-refractivity contribution in [3.8, 4) is 5.75 Å². The van der Waals surface area contributed by atoms with Crippen molar-refractivity contribution in [2.45, 2.75) is 18.9 Å². The number of nitrogens with one attached hydrogen (secondary N) is 2. The predicted molar refractivity (Wildman–Crippen MR) is 131 cm³/mol. The first kappa shape index (κ1) is 21.1. The van der Waals surface area contributed by atoms with Gasteiger partial charge in [0.05, 0.1) is 12.6 Å². The highest BCUT2D eigenvalue weighted by atomic mass is 16.5. The molecule has 1 saturated heterocycles. The molecule has 1 aromatic carbocycles. The molecule has 10 nitrogen and oxygen atoms in total. The van der Waals surface area contributed by atoms with Crippen molar-refractivity contribution in [1.29, 1.82) is 0 Å². The Balaban J connectivity index is 1.23. The molecule has 5 heterocycles. The average molecular weight is 470 g/mol. The van der Waals surface area contributed by atoms with Crippen LogP contribution < -0.4 is 15.3 Å². The molecule has 0 radical (unpaired) electrons. The maximum absolute atomic E-state index is 13.3. The van der Waals surface area contributed by atoms with Crippen LogP contribution in [0.5, 0.6) is 5.75 Å². The number of carbonyl (C=O) groups excluding carboxylic acids is 1. The number of anilines is 1. The van der Waals surface area contributed by atoms with Gasteiger partial charge in [-0.3, -0.25) is 14.3 Å². The quantitative estimate of drug-likeness (QED) is 0.379. The molecule has 4 aromatic heterocycles. The van der Waals surface area contributed by atoms with Crippen molar-refractivity contribution in [3.63, 3.8) is 0 Å². The molecular formula is C25H23N7O3. The lowest BCUT2D eigenvalue weighted by Gasteiger charge is -2.33. The van der Waals surface area contributed by atoms with Gasteiger partial charge >= 0.3 is 5.69 Å². The van der Waals surface area contributed by atoms with Crippen LogP contribution in [0.4, 0.5) is 5.82 Å². The number of imidazole rings is 1. The predicted octanol–water partition coefficient (Wildman–Crippen LogP) is 3.08. The van der Waals surface area contributed by atoms with Crippen molar-refractivity contribution in [2.75, 3.05) is 25.1 Å². The van der Waals surface area contributed by atoms with Crippen LogP contribution in [-0.4, -0.2) is 55.5 Å². The maximum Gasteiger partial charge on any atom is 0.327 e. The van der Waals surface area contributed by atoms with E-state index in [1.165, 1.54) is 6.33 Å². The molecule has 176 valence electrons. The van der Waals surface area contributed by atoms with Crippen molar-refractivity contribution in [2.24, 2.45) is 0 Å². The van der Waals surface area contributed by atoms with Gasteiger partial charge in [-0.1, -0.05) is 0 Å². The molecule has 0 saturated carbocycles. The lowest BCUT2D eigenvalue weighted by Crippen LogP contribution is -2.37. The largest absolute Gasteiger partial charge is 0.497 e. The minimum Gasteiger partial charge on any atom is -0.497 e. The number of hydrogen-bond acceptors (Lipinski definition) is 7. The molecule has 10 heteroatoms. The number of aromatic amines is 2. The summed E-state index contributed by atoms with van der Waals surface area (Å²) in [6, 6.07) is 11.1. The normalized spacial score (nSPS) is 14.6. The Morgan fingerprint density at radius 2 is 1.97 bits per heavy atom. The lowest BCUT2D eigenvalue weighted by atomic mass is 10.0. The fraction of sp³-hybridized carbons (Fsp3) is 0.240. The molecule has 0 spiro atoms. The summed E-state index contributed by atoms with van der Waals surface area (Å²) in [5.41, 5.74) is 3.01. The second-order valence-electron chi connectivity index (χ2n) is 8.59. The summed E-state index contributed by atoms with van der Waals surface area (Å²) in [5.74, 6) is 1.20. The van der Waals surface area contributed by atoms with Gasteiger partial charge < -0.3 is 14.6 Å². The number of aromatic nitrogens is 6. The summed E-state index contributed by atoms with van der Waals surface area (Å²) in [6.45, 7) is 1.41. The highest BCUT2D eigenvalue weighted by Gasteiger charge is 2.25. The van der Waals surface area contributed by atoms with E-state index in [1.54, 1.807) is 30.1 Å². The van der Waals surface area contributed by atoms with Crippen molar-refractivity contribution in [1.82, 2.24) is 29.5 Å². The monoisotopic (exact) mass is 469 g/mol. The first-order chi connectivity index (χ1) is 17.1. The van der Waals surface area contributed by atoms with Gasteiger partial charge in [-0.25, -0.2) is 19.7 Å². The Bertz CT molecular complexity index is 1610. The Kier molecular flexibility index (Phi) is 5.05. The van der Waals surface area contributed by atoms with Gasteiger partial charge in [0, 0.05) is 54.1 Å². The average Bonchev–Trinajstić information content (AvgIpc) is 3.48. The number of methoxy groups -OCH3 is 1. The third-order valence-corrected chi connectivity index (χ3v) is 6.66. The van der Waals surface area contributed by atoms with Crippen LogP contribution in [0.3, 0.4) is 0 Å². The fourth-order valence-corrected chi connectivity index (χ4v) is 4.87. The first-order valence-electron chi connectivity index (χ1n) is 11.4. The number of nitrogens with zero attached hydrogens (tertiary/aromatic N) is 5. The highest BCUT2D eigenvalue weighted by molar-refractivity contribution is 6.15. The minimum atomic E-state index is -0.180. The zero-order chi connectivity index (χ0) is 23.9. The van der Waals surface area contributed by atoms with Crippen molar-refractivity contribution < 1.29 is 9.53 Å². The summed E-state index contributed by atoms with van der Waals surface area (Å²) >= 11 is 0. The fourth-order valence-electron chi connectivity index (χ4n) is 4.87. The SMILES string of the molecule is COc1ccc2[nH]cc(C(=O)c3cc(N4CCC(n5c(=O)[nH]c6ncccc65)CC4)ncn3)c2c1. The molecule has 2 N–H and O–H groups in total. The second kappa shape index (κ2) is 8.39. The van der Waals surface area contributed by atoms with Crippen LogP contribution in [0, 0.1) is 0 Å². The number of rotatable bonds is 5. The van der Waals surface area contributed by atoms with Gasteiger partial charge in [0.2, 0.25) is 5.78 Å². The maximum atomic E-state index is 13.3. The number of ether oxygens (including phenoxy) is 1. The number of ketones is 1. The standard InChI is InChI=1S/C25H23N7O3/c1-35-16-4-5-19-17(11-16)18(13-27-19)23(33)20-12-22(29-14-28-20)31-9-6-15(7-10-31)32-21-3-2-8-26-24(21)30-25(32)34/h2-5,8,11-15,27H,6-7,9-10H2,1H3,(H,26,30,34). The first-order valence-corrected chi connectivity index (χ1v) is 11.4. The zero-order valence-corrected chi connectivity index (χ0v) is 19.1. The number of fused-ring (bicyclic) bond motifs is 2. The summed E-state index contributed by atoms with van der Waals surface area (Å²) in [4.78, 5) is 46.9. The van der Waals surface area contributed by atoms with E-state index in [9.17, 15) is 9.59 Å². The summed E-state index contributed by atoms with van der Waals surface area (Å²) < 4.78 is 7.12. The highest BCUT2D eigenvalue weighted by Crippen LogP contribution is 2.28. The molecule has 5 aromatic rings. The van der Waals surface area contributed by atoms with E-state index in [-0.39, 0.29) is 17.5 Å². The van der Waals surface area contributed by atoms with E-state index >= 15 is 0 Å². The minimum absolute atomic E-state index is 0.0702. The molecule has 1 aliphatic heterocycles. The smallest absolute Gasteiger partial charge is 0.327 e. The third kappa shape index (κ3) is 3.63. The molecule has 1 aliphatic rings. The van der Waals surface area contributed by atoms with E-state index < -0.39 is 0 Å². The van der Waals surface area contributed by atoms with Crippen LogP contribution >= 0.6 is 0 Å². The van der Waals surface area contributed by atoms with Gasteiger partial charge in [-0.2, -0.15) is 0 Å². The Morgan fingerprint density at radius 3 is 2.80 bits per heavy atom. The van der Waals surface area contributed by atoms with Gasteiger partial charge in [0.15, 0.2) is 5.65 Å². The topological polar surface area (TPSA) is 122 Å². The lowest BCUT2D eigenvalue weighted by molar-refractivity contribution is 0.103. The van der Waals surface area contributed by atoms with Crippen LogP contribution in [-0.2, 0) is 0 Å².